The van der Waals surface area contributed by atoms with Crippen molar-refractivity contribution >= 4 is 10.9 Å². The van der Waals surface area contributed by atoms with Crippen LogP contribution >= 0.6 is 0 Å². The fraction of sp³-hybridized carbons (Fsp3) is 0.680. The lowest BCUT2D eigenvalue weighted by molar-refractivity contribution is -0.198. The van der Waals surface area contributed by atoms with E-state index in [1.807, 2.05) is 6.07 Å². The van der Waals surface area contributed by atoms with Gasteiger partial charge in [0.15, 0.2) is 0 Å². The van der Waals surface area contributed by atoms with Gasteiger partial charge in [-0.1, -0.05) is 20.3 Å². The lowest BCUT2D eigenvalue weighted by atomic mass is 9.60. The van der Waals surface area contributed by atoms with E-state index < -0.39 is 18.5 Å². The third kappa shape index (κ3) is 3.14. The number of fused-ring (bicyclic) bond motifs is 4. The van der Waals surface area contributed by atoms with Crippen LogP contribution in [0.25, 0.3) is 10.9 Å². The van der Waals surface area contributed by atoms with Crippen LogP contribution in [0, 0.1) is 17.8 Å². The largest absolute Gasteiger partial charge is 0.462 e. The first-order valence-electron chi connectivity index (χ1n) is 12.1. The molecule has 9 unspecified atom stereocenters. The van der Waals surface area contributed by atoms with Gasteiger partial charge in [-0.25, -0.2) is 0 Å². The molecular formula is C25H34N2O4. The van der Waals surface area contributed by atoms with Crippen LogP contribution in [0.15, 0.2) is 18.2 Å². The zero-order valence-electron chi connectivity index (χ0n) is 18.5. The van der Waals surface area contributed by atoms with Crippen LogP contribution < -0.4 is 4.74 Å². The molecule has 7 rings (SSSR count). The second kappa shape index (κ2) is 7.48. The minimum Gasteiger partial charge on any atom is -0.462 e. The van der Waals surface area contributed by atoms with Crippen molar-refractivity contribution in [3.8, 4) is 5.75 Å². The Bertz CT molecular complexity index is 974. The molecule has 3 saturated heterocycles. The second-order valence-electron chi connectivity index (χ2n) is 10.3. The average Bonchev–Trinajstić information content (AvgIpc) is 3.08. The van der Waals surface area contributed by atoms with Crippen molar-refractivity contribution in [2.24, 2.45) is 17.8 Å². The molecule has 3 N–H and O–H groups in total. The lowest BCUT2D eigenvalue weighted by Gasteiger charge is -2.56. The third-order valence-corrected chi connectivity index (χ3v) is 8.65. The number of benzene rings is 1. The molecule has 9 atom stereocenters. The van der Waals surface area contributed by atoms with Crippen molar-refractivity contribution < 1.29 is 19.7 Å². The summed E-state index contributed by atoms with van der Waals surface area (Å²) in [6.07, 6.45) is 1.73. The van der Waals surface area contributed by atoms with E-state index in [0.717, 1.165) is 30.7 Å². The fourth-order valence-corrected chi connectivity index (χ4v) is 7.15. The first-order chi connectivity index (χ1) is 15.0. The number of ether oxygens (including phenoxy) is 2. The SMILES string of the molecule is CCC1C(C)C2CC3c4[nH]c5ccc(OC6OCC(O)CC6O)cc5c4CCN(C2)C31. The first kappa shape index (κ1) is 20.0. The summed E-state index contributed by atoms with van der Waals surface area (Å²) in [5, 5.41) is 21.1. The molecule has 6 nitrogen and oxygen atoms in total. The molecule has 5 aliphatic rings. The summed E-state index contributed by atoms with van der Waals surface area (Å²) in [6.45, 7) is 7.44. The molecular weight excluding hydrogens is 392 g/mol. The molecule has 6 heteroatoms. The van der Waals surface area contributed by atoms with Gasteiger partial charge >= 0.3 is 0 Å². The molecule has 2 aromatic rings. The molecule has 1 aliphatic carbocycles. The van der Waals surface area contributed by atoms with Gasteiger partial charge in [0.1, 0.15) is 11.9 Å². The van der Waals surface area contributed by atoms with E-state index >= 15 is 0 Å². The number of hydrogen-bond donors (Lipinski definition) is 3. The van der Waals surface area contributed by atoms with E-state index in [2.05, 4.69) is 35.9 Å². The van der Waals surface area contributed by atoms with Crippen LogP contribution in [0.3, 0.4) is 0 Å². The highest BCUT2D eigenvalue weighted by molar-refractivity contribution is 5.86. The molecule has 0 radical (unpaired) electrons. The summed E-state index contributed by atoms with van der Waals surface area (Å²) in [7, 11) is 0. The number of H-pyrrole nitrogens is 1. The van der Waals surface area contributed by atoms with E-state index in [1.165, 1.54) is 41.5 Å². The normalized spacial score (nSPS) is 41.7. The van der Waals surface area contributed by atoms with Crippen LogP contribution in [-0.2, 0) is 11.2 Å². The van der Waals surface area contributed by atoms with Gasteiger partial charge in [-0.2, -0.15) is 0 Å². The topological polar surface area (TPSA) is 78.0 Å². The maximum absolute atomic E-state index is 10.2. The fourth-order valence-electron chi connectivity index (χ4n) is 7.15. The van der Waals surface area contributed by atoms with Crippen molar-refractivity contribution in [3.05, 3.63) is 29.5 Å². The Labute approximate surface area is 183 Å². The molecule has 4 bridgehead atoms. The standard InChI is InChI=1S/C25H34N2O4/c1-3-17-13(2)14-8-20-23-18(6-7-27(11-14)24(17)20)19-10-16(4-5-21(19)26-23)31-25-22(29)9-15(28)12-30-25/h4-5,10,13-15,17,20,22,24-26,28-29H,3,6-9,11-12H2,1-2H3. The minimum absolute atomic E-state index is 0.195. The van der Waals surface area contributed by atoms with Gasteiger partial charge in [-0.15, -0.1) is 0 Å². The number of aromatic amines is 1. The lowest BCUT2D eigenvalue weighted by Crippen LogP contribution is -2.59. The number of nitrogens with one attached hydrogen (secondary N) is 1. The molecule has 0 spiro atoms. The highest BCUT2D eigenvalue weighted by Gasteiger charge is 2.52. The molecule has 1 aromatic heterocycles. The Balaban J connectivity index is 1.33. The smallest absolute Gasteiger partial charge is 0.226 e. The summed E-state index contributed by atoms with van der Waals surface area (Å²) in [5.74, 6) is 3.72. The second-order valence-corrected chi connectivity index (χ2v) is 10.3. The molecule has 1 aromatic carbocycles. The van der Waals surface area contributed by atoms with Crippen molar-refractivity contribution in [3.63, 3.8) is 0 Å². The number of hydrogen-bond acceptors (Lipinski definition) is 5. The summed E-state index contributed by atoms with van der Waals surface area (Å²) >= 11 is 0. The molecule has 4 aliphatic heterocycles. The molecule has 5 heterocycles. The van der Waals surface area contributed by atoms with Crippen LogP contribution in [-0.4, -0.2) is 64.3 Å². The van der Waals surface area contributed by atoms with Gasteiger partial charge in [0.25, 0.3) is 0 Å². The predicted octanol–water partition coefficient (Wildman–Crippen LogP) is 3.02. The van der Waals surface area contributed by atoms with Gasteiger partial charge in [0.2, 0.25) is 6.29 Å². The summed E-state index contributed by atoms with van der Waals surface area (Å²) in [4.78, 5) is 6.59. The summed E-state index contributed by atoms with van der Waals surface area (Å²) in [6, 6.07) is 6.82. The quantitative estimate of drug-likeness (QED) is 0.703. The minimum atomic E-state index is -0.821. The Morgan fingerprint density at radius 3 is 2.94 bits per heavy atom. The van der Waals surface area contributed by atoms with Crippen LogP contribution in [0.4, 0.5) is 0 Å². The Morgan fingerprint density at radius 2 is 2.13 bits per heavy atom. The van der Waals surface area contributed by atoms with E-state index in [-0.39, 0.29) is 13.0 Å². The van der Waals surface area contributed by atoms with E-state index in [9.17, 15) is 10.2 Å². The number of aliphatic hydroxyl groups excluding tert-OH is 2. The summed E-state index contributed by atoms with van der Waals surface area (Å²) in [5.41, 5.74) is 4.07. The van der Waals surface area contributed by atoms with Crippen molar-refractivity contribution in [2.75, 3.05) is 19.7 Å². The maximum atomic E-state index is 10.2. The van der Waals surface area contributed by atoms with Gasteiger partial charge in [-0.05, 0) is 54.4 Å². The number of piperidine rings is 2. The van der Waals surface area contributed by atoms with Crippen LogP contribution in [0.5, 0.6) is 5.75 Å². The number of aromatic nitrogens is 1. The molecule has 4 fully saturated rings. The highest BCUT2D eigenvalue weighted by Crippen LogP contribution is 2.53. The van der Waals surface area contributed by atoms with Crippen LogP contribution in [0.1, 0.15) is 50.3 Å². The van der Waals surface area contributed by atoms with Gasteiger partial charge in [0, 0.05) is 48.1 Å². The van der Waals surface area contributed by atoms with E-state index in [1.54, 1.807) is 0 Å². The van der Waals surface area contributed by atoms with Crippen molar-refractivity contribution in [1.82, 2.24) is 9.88 Å². The Morgan fingerprint density at radius 1 is 1.26 bits per heavy atom. The molecule has 0 amide bonds. The van der Waals surface area contributed by atoms with Gasteiger partial charge in [0.05, 0.1) is 12.7 Å². The van der Waals surface area contributed by atoms with Gasteiger partial charge in [-0.3, -0.25) is 4.90 Å². The average molecular weight is 427 g/mol. The maximum Gasteiger partial charge on any atom is 0.226 e. The van der Waals surface area contributed by atoms with E-state index in [4.69, 9.17) is 9.47 Å². The van der Waals surface area contributed by atoms with Crippen LogP contribution in [0.2, 0.25) is 0 Å². The monoisotopic (exact) mass is 426 g/mol. The van der Waals surface area contributed by atoms with Gasteiger partial charge < -0.3 is 24.7 Å². The third-order valence-electron chi connectivity index (χ3n) is 8.65. The highest BCUT2D eigenvalue weighted by atomic mass is 16.7. The zero-order chi connectivity index (χ0) is 21.3. The number of nitrogens with zero attached hydrogens (tertiary/aromatic N) is 1. The Hall–Kier alpha value is -1.60. The molecule has 168 valence electrons. The summed E-state index contributed by atoms with van der Waals surface area (Å²) < 4.78 is 11.5. The zero-order valence-corrected chi connectivity index (χ0v) is 18.5. The van der Waals surface area contributed by atoms with E-state index in [0.29, 0.717) is 17.7 Å². The number of rotatable bonds is 3. The molecule has 1 saturated carbocycles. The predicted molar refractivity (Wildman–Crippen MR) is 118 cm³/mol. The Kier molecular flexibility index (Phi) is 4.83. The van der Waals surface area contributed by atoms with Crippen molar-refractivity contribution in [1.29, 1.82) is 0 Å². The number of aliphatic hydroxyl groups is 2. The van der Waals surface area contributed by atoms with Crippen molar-refractivity contribution in [2.45, 2.75) is 70.0 Å². The first-order valence-corrected chi connectivity index (χ1v) is 12.1. The molecule has 31 heavy (non-hydrogen) atoms.